The van der Waals surface area contributed by atoms with Crippen molar-refractivity contribution in [3.05, 3.63) is 64.7 Å². The third kappa shape index (κ3) is 6.73. The van der Waals surface area contributed by atoms with E-state index in [4.69, 9.17) is 22.3 Å². The molecule has 2 aromatic rings. The number of benzene rings is 2. The van der Waals surface area contributed by atoms with Gasteiger partial charge in [0.15, 0.2) is 5.96 Å². The number of aliphatic hydroxyl groups excluding tert-OH is 1. The molecule has 0 unspecified atom stereocenters. The van der Waals surface area contributed by atoms with E-state index < -0.39 is 0 Å². The first kappa shape index (κ1) is 25.1. The van der Waals surface area contributed by atoms with Crippen LogP contribution in [-0.4, -0.2) is 66.2 Å². The minimum Gasteiger partial charge on any atom is -0.393 e. The van der Waals surface area contributed by atoms with Crippen LogP contribution in [0, 0.1) is 0 Å². The predicted octanol–water partition coefficient (Wildman–Crippen LogP) is 3.55. The summed E-state index contributed by atoms with van der Waals surface area (Å²) in [6.45, 7) is 6.92. The molecule has 2 saturated heterocycles. The van der Waals surface area contributed by atoms with Crippen LogP contribution in [-0.2, 0) is 13.1 Å². The monoisotopic (exact) mass is 569 g/mol. The summed E-state index contributed by atoms with van der Waals surface area (Å²) < 4.78 is 0. The van der Waals surface area contributed by atoms with Crippen LogP contribution in [0.5, 0.6) is 0 Å². The SMILES string of the molecule is I.NC(=NCc1ccccc1CN1CCC(O)CC1)N1CCN(c2ccc(Cl)cc2)CC1. The Morgan fingerprint density at radius 2 is 1.56 bits per heavy atom. The molecule has 0 amide bonds. The fraction of sp³-hybridized carbons (Fsp3) is 0.458. The Hall–Kier alpha value is -1.55. The van der Waals surface area contributed by atoms with Crippen molar-refractivity contribution in [1.29, 1.82) is 0 Å². The third-order valence-electron chi connectivity index (χ3n) is 6.28. The van der Waals surface area contributed by atoms with Crippen LogP contribution in [0.1, 0.15) is 24.0 Å². The smallest absolute Gasteiger partial charge is 0.191 e. The molecule has 0 saturated carbocycles. The second-order valence-electron chi connectivity index (χ2n) is 8.40. The number of guanidine groups is 1. The van der Waals surface area contributed by atoms with Crippen LogP contribution < -0.4 is 10.6 Å². The van der Waals surface area contributed by atoms with E-state index in [1.165, 1.54) is 16.8 Å². The molecular weight excluding hydrogens is 537 g/mol. The van der Waals surface area contributed by atoms with Crippen molar-refractivity contribution in [2.45, 2.75) is 32.0 Å². The van der Waals surface area contributed by atoms with Gasteiger partial charge in [0, 0.05) is 56.5 Å². The number of piperidine rings is 1. The number of nitrogens with zero attached hydrogens (tertiary/aromatic N) is 4. The number of likely N-dealkylation sites (tertiary alicyclic amines) is 1. The molecule has 0 atom stereocenters. The summed E-state index contributed by atoms with van der Waals surface area (Å²) in [5.74, 6) is 0.617. The molecule has 2 aromatic carbocycles. The highest BCUT2D eigenvalue weighted by Crippen LogP contribution is 2.20. The van der Waals surface area contributed by atoms with E-state index in [9.17, 15) is 5.11 Å². The minimum absolute atomic E-state index is 0. The minimum atomic E-state index is -0.143. The molecule has 3 N–H and O–H groups in total. The van der Waals surface area contributed by atoms with Crippen LogP contribution in [0.4, 0.5) is 5.69 Å². The Labute approximate surface area is 213 Å². The van der Waals surface area contributed by atoms with Gasteiger partial charge in [0.1, 0.15) is 0 Å². The van der Waals surface area contributed by atoms with Crippen molar-refractivity contribution < 1.29 is 5.11 Å². The lowest BCUT2D eigenvalue weighted by atomic mass is 10.0. The van der Waals surface area contributed by atoms with Gasteiger partial charge in [-0.1, -0.05) is 35.9 Å². The number of anilines is 1. The maximum atomic E-state index is 9.74. The Bertz CT molecular complexity index is 878. The summed E-state index contributed by atoms with van der Waals surface area (Å²) in [6.07, 6.45) is 1.57. The Morgan fingerprint density at radius 3 is 2.22 bits per heavy atom. The van der Waals surface area contributed by atoms with E-state index in [2.05, 4.69) is 51.1 Å². The molecule has 32 heavy (non-hydrogen) atoms. The Morgan fingerprint density at radius 1 is 0.938 bits per heavy atom. The number of piperazine rings is 1. The van der Waals surface area contributed by atoms with Gasteiger partial charge in [0.05, 0.1) is 12.6 Å². The molecule has 0 aromatic heterocycles. The lowest BCUT2D eigenvalue weighted by Gasteiger charge is -2.36. The van der Waals surface area contributed by atoms with Gasteiger partial charge < -0.3 is 20.6 Å². The lowest BCUT2D eigenvalue weighted by Crippen LogP contribution is -2.51. The van der Waals surface area contributed by atoms with Gasteiger partial charge in [-0.05, 0) is 48.2 Å². The molecule has 2 heterocycles. The average molecular weight is 570 g/mol. The first-order valence-corrected chi connectivity index (χ1v) is 11.5. The Kier molecular flexibility index (Phi) is 9.46. The molecule has 0 aliphatic carbocycles. The van der Waals surface area contributed by atoms with Crippen molar-refractivity contribution in [3.8, 4) is 0 Å². The van der Waals surface area contributed by atoms with Crippen molar-refractivity contribution in [3.63, 3.8) is 0 Å². The molecule has 0 bridgehead atoms. The molecule has 2 aliphatic heterocycles. The number of hydrogen-bond donors (Lipinski definition) is 2. The van der Waals surface area contributed by atoms with E-state index in [-0.39, 0.29) is 30.1 Å². The lowest BCUT2D eigenvalue weighted by molar-refractivity contribution is 0.0791. The summed E-state index contributed by atoms with van der Waals surface area (Å²) in [6, 6.07) is 16.5. The normalized spacial score (nSPS) is 18.5. The van der Waals surface area contributed by atoms with Gasteiger partial charge in [-0.15, -0.1) is 24.0 Å². The van der Waals surface area contributed by atoms with Crippen molar-refractivity contribution in [2.24, 2.45) is 10.7 Å². The van der Waals surface area contributed by atoms with Gasteiger partial charge in [-0.3, -0.25) is 4.90 Å². The largest absolute Gasteiger partial charge is 0.393 e. The molecule has 174 valence electrons. The van der Waals surface area contributed by atoms with Gasteiger partial charge in [-0.2, -0.15) is 0 Å². The van der Waals surface area contributed by atoms with Crippen LogP contribution in [0.15, 0.2) is 53.5 Å². The zero-order chi connectivity index (χ0) is 21.6. The van der Waals surface area contributed by atoms with E-state index in [1.807, 2.05) is 12.1 Å². The number of rotatable bonds is 5. The standard InChI is InChI=1S/C24H32ClN5O.HI/c25-21-5-7-22(8-6-21)29-13-15-30(16-14-29)24(26)27-17-19-3-1-2-4-20(19)18-28-11-9-23(31)10-12-28;/h1-8,23,31H,9-18H2,(H2,26,27);1H. The van der Waals surface area contributed by atoms with Crippen molar-refractivity contribution in [1.82, 2.24) is 9.80 Å². The molecule has 4 rings (SSSR count). The van der Waals surface area contributed by atoms with Crippen LogP contribution >= 0.6 is 35.6 Å². The fourth-order valence-corrected chi connectivity index (χ4v) is 4.42. The van der Waals surface area contributed by atoms with Crippen molar-refractivity contribution in [2.75, 3.05) is 44.2 Å². The molecule has 0 spiro atoms. The topological polar surface area (TPSA) is 68.3 Å². The van der Waals surface area contributed by atoms with Crippen LogP contribution in [0.25, 0.3) is 0 Å². The molecule has 2 fully saturated rings. The van der Waals surface area contributed by atoms with Gasteiger partial charge in [-0.25, -0.2) is 4.99 Å². The maximum absolute atomic E-state index is 9.74. The van der Waals surface area contributed by atoms with E-state index in [1.54, 1.807) is 0 Å². The number of hydrogen-bond acceptors (Lipinski definition) is 4. The molecule has 6 nitrogen and oxygen atoms in total. The van der Waals surface area contributed by atoms with Crippen LogP contribution in [0.2, 0.25) is 5.02 Å². The molecular formula is C24H33ClIN5O. The summed E-state index contributed by atoms with van der Waals surface area (Å²) >= 11 is 6.00. The highest BCUT2D eigenvalue weighted by atomic mass is 127. The highest BCUT2D eigenvalue weighted by Gasteiger charge is 2.20. The summed E-state index contributed by atoms with van der Waals surface area (Å²) in [5.41, 5.74) is 10.1. The summed E-state index contributed by atoms with van der Waals surface area (Å²) in [5, 5.41) is 10.5. The summed E-state index contributed by atoms with van der Waals surface area (Å²) in [4.78, 5) is 11.7. The number of aliphatic hydroxyl groups is 1. The predicted molar refractivity (Wildman–Crippen MR) is 143 cm³/mol. The molecule has 8 heteroatoms. The zero-order valence-corrected chi connectivity index (χ0v) is 21.5. The molecule has 0 radical (unpaired) electrons. The van der Waals surface area contributed by atoms with E-state index in [0.717, 1.165) is 63.7 Å². The summed E-state index contributed by atoms with van der Waals surface area (Å²) in [7, 11) is 0. The van der Waals surface area contributed by atoms with Gasteiger partial charge >= 0.3 is 0 Å². The first-order chi connectivity index (χ1) is 15.1. The molecule has 2 aliphatic rings. The fourth-order valence-electron chi connectivity index (χ4n) is 4.30. The number of halogens is 2. The zero-order valence-electron chi connectivity index (χ0n) is 18.4. The van der Waals surface area contributed by atoms with Crippen LogP contribution in [0.3, 0.4) is 0 Å². The number of aliphatic imine (C=N–C) groups is 1. The van der Waals surface area contributed by atoms with Gasteiger partial charge in [0.2, 0.25) is 0 Å². The Balaban J connectivity index is 0.00000289. The first-order valence-electron chi connectivity index (χ1n) is 11.1. The maximum Gasteiger partial charge on any atom is 0.191 e. The van der Waals surface area contributed by atoms with Gasteiger partial charge in [0.25, 0.3) is 0 Å². The third-order valence-corrected chi connectivity index (χ3v) is 6.53. The number of nitrogens with two attached hydrogens (primary N) is 1. The average Bonchev–Trinajstić information content (AvgIpc) is 2.80. The second-order valence-corrected chi connectivity index (χ2v) is 8.84. The highest BCUT2D eigenvalue weighted by molar-refractivity contribution is 14.0. The quantitative estimate of drug-likeness (QED) is 0.328. The van der Waals surface area contributed by atoms with Crippen molar-refractivity contribution >= 4 is 47.2 Å². The van der Waals surface area contributed by atoms with E-state index >= 15 is 0 Å². The second kappa shape index (κ2) is 12.1. The van der Waals surface area contributed by atoms with E-state index in [0.29, 0.717) is 12.5 Å².